The third-order valence-corrected chi connectivity index (χ3v) is 13.5. The van der Waals surface area contributed by atoms with Crippen LogP contribution in [0.15, 0.2) is 78.8 Å². The summed E-state index contributed by atoms with van der Waals surface area (Å²) in [7, 11) is 0. The Hall–Kier alpha value is -6.69. The zero-order valence-corrected chi connectivity index (χ0v) is 42.1. The molecule has 2 saturated heterocycles. The molecule has 3 atom stereocenters. The van der Waals surface area contributed by atoms with E-state index in [2.05, 4.69) is 45.8 Å². The van der Waals surface area contributed by atoms with Crippen LogP contribution in [0.4, 0.5) is 11.6 Å². The van der Waals surface area contributed by atoms with Crippen molar-refractivity contribution in [2.75, 3.05) is 89.1 Å². The maximum Gasteiger partial charge on any atom is 0.262 e. The maximum atomic E-state index is 14.0. The molecule has 2 fully saturated rings. The number of hydrogen-bond acceptors (Lipinski definition) is 16. The monoisotopic (exact) mass is 1010 g/mol. The molecule has 0 saturated carbocycles. The van der Waals surface area contributed by atoms with E-state index in [9.17, 15) is 24.3 Å². The lowest BCUT2D eigenvalue weighted by atomic mass is 9.85. The maximum absolute atomic E-state index is 14.0. The molecule has 22 heteroatoms. The molecule has 1 aromatic carbocycles. The van der Waals surface area contributed by atoms with Crippen LogP contribution >= 0.6 is 11.3 Å². The standard InChI is InChI=1S/C50H63N13O8S/c1-33-7-12-40(52-27-33)63-41(56-47(66)38-29-55-62-14-6-13-51-46(38)62)26-42(58-63)60-17-15-59(16-18-60)19-20-69-21-22-70-23-24-71-31-43(65)57-45(50(3,4)5)49(68)61-30-37(64)25-39(61)48(67)53-28-35-8-10-36(11-9-35)44-34(2)54-32-72-44/h6-14,26-27,29,32,37,39,45,64H,15-25,28,30-31H2,1-5H3,(H,53,67)(H,56,66)(H,57,65)/t37-,39+,45?/m1/s1. The van der Waals surface area contributed by atoms with Gasteiger partial charge in [-0.2, -0.15) is 9.78 Å². The molecule has 0 spiro atoms. The van der Waals surface area contributed by atoms with Crippen LogP contribution in [0.3, 0.4) is 0 Å². The summed E-state index contributed by atoms with van der Waals surface area (Å²) < 4.78 is 20.3. The average molecular weight is 1010 g/mol. The number of piperazine rings is 1. The summed E-state index contributed by atoms with van der Waals surface area (Å²) in [5, 5.41) is 28.4. The van der Waals surface area contributed by atoms with E-state index in [4.69, 9.17) is 19.3 Å². The second kappa shape index (κ2) is 23.7. The second-order valence-electron chi connectivity index (χ2n) is 18.9. The van der Waals surface area contributed by atoms with Crippen LogP contribution in [-0.4, -0.2) is 170 Å². The number of aliphatic hydroxyl groups excluding tert-OH is 1. The number of carbonyl (C=O) groups excluding carboxylic acids is 4. The number of likely N-dealkylation sites (tertiary alicyclic amines) is 1. The lowest BCUT2D eigenvalue weighted by molar-refractivity contribution is -0.144. The summed E-state index contributed by atoms with van der Waals surface area (Å²) in [4.78, 5) is 74.1. The van der Waals surface area contributed by atoms with Crippen molar-refractivity contribution in [1.29, 1.82) is 0 Å². The first-order valence-corrected chi connectivity index (χ1v) is 25.0. The van der Waals surface area contributed by atoms with Gasteiger partial charge >= 0.3 is 0 Å². The lowest BCUT2D eigenvalue weighted by Crippen LogP contribution is -2.58. The van der Waals surface area contributed by atoms with Crippen molar-refractivity contribution >= 4 is 52.2 Å². The Morgan fingerprint density at radius 3 is 2.35 bits per heavy atom. The lowest BCUT2D eigenvalue weighted by Gasteiger charge is -2.35. The second-order valence-corrected chi connectivity index (χ2v) is 19.8. The van der Waals surface area contributed by atoms with Crippen LogP contribution in [0.25, 0.3) is 21.9 Å². The zero-order chi connectivity index (χ0) is 50.8. The third-order valence-electron chi connectivity index (χ3n) is 12.5. The van der Waals surface area contributed by atoms with Crippen molar-refractivity contribution in [3.8, 4) is 16.3 Å². The van der Waals surface area contributed by atoms with Gasteiger partial charge in [-0.25, -0.2) is 19.5 Å². The van der Waals surface area contributed by atoms with Gasteiger partial charge in [0.1, 0.15) is 30.1 Å². The topological polar surface area (TPSA) is 236 Å². The van der Waals surface area contributed by atoms with E-state index in [-0.39, 0.29) is 51.1 Å². The molecule has 0 aliphatic carbocycles. The minimum Gasteiger partial charge on any atom is -0.391 e. The predicted octanol–water partition coefficient (Wildman–Crippen LogP) is 3.28. The normalized spacial score (nSPS) is 16.8. The minimum atomic E-state index is -0.968. The van der Waals surface area contributed by atoms with Crippen LogP contribution < -0.4 is 20.9 Å². The Bertz CT molecular complexity index is 2780. The Labute approximate surface area is 421 Å². The van der Waals surface area contributed by atoms with Crippen molar-refractivity contribution < 1.29 is 38.5 Å². The number of aromatic nitrogens is 7. The van der Waals surface area contributed by atoms with Crippen molar-refractivity contribution in [2.24, 2.45) is 5.41 Å². The number of fused-ring (bicyclic) bond motifs is 1. The number of benzene rings is 1. The van der Waals surface area contributed by atoms with Crippen LogP contribution in [0.1, 0.15) is 54.4 Å². The molecule has 2 aliphatic heterocycles. The first-order chi connectivity index (χ1) is 34.7. The van der Waals surface area contributed by atoms with Crippen LogP contribution in [0, 0.1) is 19.3 Å². The fraction of sp³-hybridized carbons (Fsp3) is 0.460. The van der Waals surface area contributed by atoms with Gasteiger partial charge in [0.2, 0.25) is 17.7 Å². The number of rotatable bonds is 21. The summed E-state index contributed by atoms with van der Waals surface area (Å²) in [5.41, 5.74) is 5.81. The Morgan fingerprint density at radius 2 is 1.64 bits per heavy atom. The van der Waals surface area contributed by atoms with E-state index in [0.717, 1.165) is 65.8 Å². The highest BCUT2D eigenvalue weighted by molar-refractivity contribution is 7.13. The van der Waals surface area contributed by atoms with Gasteiger partial charge in [0, 0.05) is 76.9 Å². The van der Waals surface area contributed by atoms with Gasteiger partial charge in [0.25, 0.3) is 5.91 Å². The molecule has 72 heavy (non-hydrogen) atoms. The summed E-state index contributed by atoms with van der Waals surface area (Å²) in [6.45, 7) is 14.9. The fourth-order valence-electron chi connectivity index (χ4n) is 8.53. The van der Waals surface area contributed by atoms with Gasteiger partial charge < -0.3 is 45.1 Å². The molecular weight excluding hydrogens is 943 g/mol. The van der Waals surface area contributed by atoms with E-state index in [1.807, 2.05) is 82.6 Å². The molecule has 382 valence electrons. The highest BCUT2D eigenvalue weighted by Crippen LogP contribution is 2.29. The first kappa shape index (κ1) is 51.7. The SMILES string of the molecule is Cc1ccc(-n2nc(N3CCN(CCOCCOCCOCC(=O)NC(C(=O)N4C[C@H](O)C[C@H]4C(=O)NCc4ccc(-c5scnc5C)cc4)C(C)(C)C)CC3)cc2NC(=O)c2cnn3cccnc23)nc1. The number of carbonyl (C=O) groups is 4. The minimum absolute atomic E-state index is 0.0184. The highest BCUT2D eigenvalue weighted by atomic mass is 32.1. The molecule has 8 rings (SSSR count). The number of aliphatic hydroxyl groups is 1. The Kier molecular flexibility index (Phi) is 17.0. The number of aryl methyl sites for hydroxylation is 2. The number of β-amino-alcohol motifs (C(OH)–C–C–N with tert-alkyl or cyclic N) is 1. The van der Waals surface area contributed by atoms with Gasteiger partial charge in [-0.15, -0.1) is 16.4 Å². The smallest absolute Gasteiger partial charge is 0.262 e. The first-order valence-electron chi connectivity index (χ1n) is 24.1. The van der Waals surface area contributed by atoms with Crippen molar-refractivity contribution in [3.05, 3.63) is 101 Å². The highest BCUT2D eigenvalue weighted by Gasteiger charge is 2.44. The molecule has 0 radical (unpaired) electrons. The molecule has 2 aliphatic rings. The van der Waals surface area contributed by atoms with Crippen molar-refractivity contribution in [3.63, 3.8) is 0 Å². The average Bonchev–Trinajstić information content (AvgIpc) is 4.19. The largest absolute Gasteiger partial charge is 0.391 e. The molecule has 4 amide bonds. The number of pyridine rings is 1. The Balaban J connectivity index is 0.709. The Morgan fingerprint density at radius 1 is 0.889 bits per heavy atom. The molecule has 1 unspecified atom stereocenters. The van der Waals surface area contributed by atoms with Gasteiger partial charge in [0.15, 0.2) is 17.3 Å². The number of nitrogens with one attached hydrogen (secondary N) is 3. The van der Waals surface area contributed by atoms with Crippen LogP contribution in [-0.2, 0) is 35.1 Å². The van der Waals surface area contributed by atoms with Gasteiger partial charge in [-0.3, -0.25) is 24.1 Å². The van der Waals surface area contributed by atoms with E-state index in [1.54, 1.807) is 45.2 Å². The molecular formula is C50H63N13O8S. The zero-order valence-electron chi connectivity index (χ0n) is 41.3. The van der Waals surface area contributed by atoms with E-state index < -0.39 is 35.4 Å². The van der Waals surface area contributed by atoms with Gasteiger partial charge in [0.05, 0.1) is 61.4 Å². The van der Waals surface area contributed by atoms with Crippen molar-refractivity contribution in [1.82, 2.24) is 54.8 Å². The van der Waals surface area contributed by atoms with Gasteiger partial charge in [-0.05, 0) is 48.1 Å². The molecule has 0 bridgehead atoms. The van der Waals surface area contributed by atoms with Crippen LogP contribution in [0.5, 0.6) is 0 Å². The van der Waals surface area contributed by atoms with E-state index in [1.165, 1.54) is 11.1 Å². The number of hydrogen-bond donors (Lipinski definition) is 4. The summed E-state index contributed by atoms with van der Waals surface area (Å²) in [5.74, 6) is 0.123. The predicted molar refractivity (Wildman–Crippen MR) is 270 cm³/mol. The van der Waals surface area contributed by atoms with Gasteiger partial charge in [-0.1, -0.05) is 51.1 Å². The molecule has 5 aromatic heterocycles. The number of ether oxygens (including phenoxy) is 3. The number of amides is 4. The third kappa shape index (κ3) is 13.0. The van der Waals surface area contributed by atoms with Crippen molar-refractivity contribution in [2.45, 2.75) is 65.8 Å². The number of anilines is 2. The van der Waals surface area contributed by atoms with E-state index >= 15 is 0 Å². The number of thiazole rings is 1. The fourth-order valence-corrected chi connectivity index (χ4v) is 9.34. The summed E-state index contributed by atoms with van der Waals surface area (Å²) in [6.07, 6.45) is 5.83. The molecule has 4 N–H and O–H groups in total. The summed E-state index contributed by atoms with van der Waals surface area (Å²) in [6, 6.07) is 13.4. The molecule has 7 heterocycles. The summed E-state index contributed by atoms with van der Waals surface area (Å²) >= 11 is 1.57. The number of nitrogens with zero attached hydrogens (tertiary/aromatic N) is 10. The molecule has 6 aromatic rings. The van der Waals surface area contributed by atoms with E-state index in [0.29, 0.717) is 42.7 Å². The van der Waals surface area contributed by atoms with Crippen LogP contribution in [0.2, 0.25) is 0 Å². The quantitative estimate of drug-likeness (QED) is 0.0758. The molecule has 21 nitrogen and oxygen atoms in total.